The van der Waals surface area contributed by atoms with Crippen LogP contribution in [0.15, 0.2) is 0 Å². The molecule has 0 aromatic carbocycles. The van der Waals surface area contributed by atoms with Crippen LogP contribution in [-0.4, -0.2) is 43.5 Å². The maximum atomic E-state index is 11.8. The largest absolute Gasteiger partial charge is 0.382 e. The van der Waals surface area contributed by atoms with Crippen molar-refractivity contribution >= 4 is 40.0 Å². The number of nitrogens with zero attached hydrogens (tertiary/aromatic N) is 2. The minimum Gasteiger partial charge on any atom is -0.382 e. The van der Waals surface area contributed by atoms with E-state index in [1.54, 1.807) is 11.8 Å². The first-order chi connectivity index (χ1) is 8.06. The molecule has 1 amide bonds. The standard InChI is InChI=1S/C10H18N4OS2/c1-14(2)10-13-8(11)7(17-10)9(15)12-5-4-6-16-3/h4-6,11H2,1-3H3,(H,12,15). The van der Waals surface area contributed by atoms with E-state index in [4.69, 9.17) is 5.73 Å². The number of aromatic nitrogens is 1. The maximum Gasteiger partial charge on any atom is 0.265 e. The summed E-state index contributed by atoms with van der Waals surface area (Å²) in [5, 5.41) is 3.59. The minimum atomic E-state index is -0.130. The predicted octanol–water partition coefficient (Wildman–Crippen LogP) is 1.27. The summed E-state index contributed by atoms with van der Waals surface area (Å²) in [4.78, 5) is 18.3. The monoisotopic (exact) mass is 274 g/mol. The maximum absolute atomic E-state index is 11.8. The number of nitrogens with two attached hydrogens (primary N) is 1. The molecule has 1 rings (SSSR count). The quantitative estimate of drug-likeness (QED) is 0.765. The zero-order valence-corrected chi connectivity index (χ0v) is 12.0. The summed E-state index contributed by atoms with van der Waals surface area (Å²) in [5.74, 6) is 1.22. The molecule has 1 aromatic rings. The van der Waals surface area contributed by atoms with Crippen LogP contribution in [0.3, 0.4) is 0 Å². The summed E-state index contributed by atoms with van der Waals surface area (Å²) in [6.45, 7) is 0.675. The van der Waals surface area contributed by atoms with Crippen LogP contribution in [0.4, 0.5) is 10.9 Å². The second-order valence-electron chi connectivity index (χ2n) is 3.71. The zero-order chi connectivity index (χ0) is 12.8. The summed E-state index contributed by atoms with van der Waals surface area (Å²) in [6.07, 6.45) is 3.01. The van der Waals surface area contributed by atoms with Crippen LogP contribution in [0.5, 0.6) is 0 Å². The Balaban J connectivity index is 2.56. The van der Waals surface area contributed by atoms with Crippen LogP contribution >= 0.6 is 23.1 Å². The molecule has 1 heterocycles. The topological polar surface area (TPSA) is 71.2 Å². The molecule has 3 N–H and O–H groups in total. The van der Waals surface area contributed by atoms with E-state index in [-0.39, 0.29) is 5.91 Å². The fraction of sp³-hybridized carbons (Fsp3) is 0.600. The van der Waals surface area contributed by atoms with Gasteiger partial charge in [-0.25, -0.2) is 4.98 Å². The summed E-state index contributed by atoms with van der Waals surface area (Å²) in [7, 11) is 3.75. The lowest BCUT2D eigenvalue weighted by molar-refractivity contribution is 0.0958. The SMILES string of the molecule is CSCCCNC(=O)c1sc(N(C)C)nc1N. The fourth-order valence-corrected chi connectivity index (χ4v) is 2.43. The van der Waals surface area contributed by atoms with Crippen LogP contribution in [-0.2, 0) is 0 Å². The molecule has 0 unspecified atom stereocenters. The lowest BCUT2D eigenvalue weighted by Gasteiger charge is -2.05. The number of carbonyl (C=O) groups is 1. The van der Waals surface area contributed by atoms with Gasteiger partial charge in [0.25, 0.3) is 5.91 Å². The second-order valence-corrected chi connectivity index (χ2v) is 5.67. The highest BCUT2D eigenvalue weighted by molar-refractivity contribution is 7.98. The van der Waals surface area contributed by atoms with Gasteiger partial charge >= 0.3 is 0 Å². The highest BCUT2D eigenvalue weighted by Crippen LogP contribution is 2.26. The molecule has 1 aromatic heterocycles. The highest BCUT2D eigenvalue weighted by atomic mass is 32.2. The molecule has 96 valence electrons. The third-order valence-corrected chi connectivity index (χ3v) is 3.98. The summed E-state index contributed by atoms with van der Waals surface area (Å²) >= 11 is 3.08. The Morgan fingerprint density at radius 2 is 2.29 bits per heavy atom. The third kappa shape index (κ3) is 4.08. The number of rotatable bonds is 6. The van der Waals surface area contributed by atoms with Crippen molar-refractivity contribution in [2.45, 2.75) is 6.42 Å². The van der Waals surface area contributed by atoms with Crippen molar-refractivity contribution < 1.29 is 4.79 Å². The Morgan fingerprint density at radius 3 is 2.82 bits per heavy atom. The number of nitrogen functional groups attached to an aromatic ring is 1. The molecule has 0 aliphatic rings. The van der Waals surface area contributed by atoms with E-state index in [0.29, 0.717) is 17.2 Å². The summed E-state index contributed by atoms with van der Waals surface area (Å²) < 4.78 is 0. The van der Waals surface area contributed by atoms with E-state index in [1.807, 2.05) is 25.3 Å². The van der Waals surface area contributed by atoms with Gasteiger partial charge in [-0.1, -0.05) is 11.3 Å². The van der Waals surface area contributed by atoms with Gasteiger partial charge in [-0.05, 0) is 18.4 Å². The van der Waals surface area contributed by atoms with Crippen LogP contribution < -0.4 is 16.0 Å². The minimum absolute atomic E-state index is 0.130. The van der Waals surface area contributed by atoms with Gasteiger partial charge in [0.05, 0.1) is 0 Å². The molecule has 17 heavy (non-hydrogen) atoms. The Hall–Kier alpha value is -0.950. The number of thioether (sulfide) groups is 1. The van der Waals surface area contributed by atoms with Crippen LogP contribution in [0.1, 0.15) is 16.1 Å². The molecule has 0 saturated heterocycles. The Morgan fingerprint density at radius 1 is 1.59 bits per heavy atom. The van der Waals surface area contributed by atoms with Gasteiger partial charge in [0.1, 0.15) is 10.7 Å². The smallest absolute Gasteiger partial charge is 0.265 e. The lowest BCUT2D eigenvalue weighted by atomic mass is 10.4. The molecular weight excluding hydrogens is 256 g/mol. The Labute approximate surface area is 110 Å². The van der Waals surface area contributed by atoms with Crippen molar-refractivity contribution in [3.8, 4) is 0 Å². The number of hydrogen-bond donors (Lipinski definition) is 2. The van der Waals surface area contributed by atoms with E-state index < -0.39 is 0 Å². The highest BCUT2D eigenvalue weighted by Gasteiger charge is 2.16. The van der Waals surface area contributed by atoms with Crippen molar-refractivity contribution in [1.82, 2.24) is 10.3 Å². The summed E-state index contributed by atoms with van der Waals surface area (Å²) in [5.41, 5.74) is 5.72. The molecule has 0 radical (unpaired) electrons. The summed E-state index contributed by atoms with van der Waals surface area (Å²) in [6, 6.07) is 0. The van der Waals surface area contributed by atoms with Gasteiger partial charge in [0.15, 0.2) is 5.13 Å². The average molecular weight is 274 g/mol. The van der Waals surface area contributed by atoms with E-state index in [9.17, 15) is 4.79 Å². The molecule has 0 aliphatic heterocycles. The van der Waals surface area contributed by atoms with Gasteiger partial charge in [-0.3, -0.25) is 4.79 Å². The first kappa shape index (κ1) is 14.1. The first-order valence-electron chi connectivity index (χ1n) is 5.27. The molecular formula is C10H18N4OS2. The first-order valence-corrected chi connectivity index (χ1v) is 7.48. The zero-order valence-electron chi connectivity index (χ0n) is 10.3. The van der Waals surface area contributed by atoms with Crippen molar-refractivity contribution in [3.63, 3.8) is 0 Å². The van der Waals surface area contributed by atoms with E-state index in [2.05, 4.69) is 10.3 Å². The van der Waals surface area contributed by atoms with Gasteiger partial charge in [0, 0.05) is 20.6 Å². The average Bonchev–Trinajstić information content (AvgIpc) is 2.67. The predicted molar refractivity (Wildman–Crippen MR) is 76.2 cm³/mol. The third-order valence-electron chi connectivity index (χ3n) is 2.04. The number of amides is 1. The second kappa shape index (κ2) is 6.70. The lowest BCUT2D eigenvalue weighted by Crippen LogP contribution is -2.24. The molecule has 0 saturated carbocycles. The normalized spacial score (nSPS) is 10.3. The van der Waals surface area contributed by atoms with Gasteiger partial charge in [-0.15, -0.1) is 0 Å². The van der Waals surface area contributed by atoms with Crippen molar-refractivity contribution in [1.29, 1.82) is 0 Å². The van der Waals surface area contributed by atoms with Gasteiger partial charge < -0.3 is 16.0 Å². The van der Waals surface area contributed by atoms with E-state index in [0.717, 1.165) is 17.3 Å². The van der Waals surface area contributed by atoms with Crippen LogP contribution in [0.2, 0.25) is 0 Å². The van der Waals surface area contributed by atoms with Gasteiger partial charge in [0.2, 0.25) is 0 Å². The number of carbonyl (C=O) groups excluding carboxylic acids is 1. The number of hydrogen-bond acceptors (Lipinski definition) is 6. The van der Waals surface area contributed by atoms with E-state index in [1.165, 1.54) is 11.3 Å². The molecule has 0 bridgehead atoms. The molecule has 0 atom stereocenters. The molecule has 0 spiro atoms. The van der Waals surface area contributed by atoms with Gasteiger partial charge in [-0.2, -0.15) is 11.8 Å². The van der Waals surface area contributed by atoms with Crippen molar-refractivity contribution in [3.05, 3.63) is 4.88 Å². The Kier molecular flexibility index (Phi) is 5.57. The van der Waals surface area contributed by atoms with Crippen LogP contribution in [0, 0.1) is 0 Å². The molecule has 7 heteroatoms. The number of anilines is 2. The number of thiazole rings is 1. The molecule has 0 aliphatic carbocycles. The number of nitrogens with one attached hydrogen (secondary N) is 1. The molecule has 5 nitrogen and oxygen atoms in total. The van der Waals surface area contributed by atoms with Crippen molar-refractivity contribution in [2.24, 2.45) is 0 Å². The fourth-order valence-electron chi connectivity index (χ4n) is 1.17. The Bertz CT molecular complexity index is 378. The van der Waals surface area contributed by atoms with E-state index >= 15 is 0 Å². The van der Waals surface area contributed by atoms with Crippen LogP contribution in [0.25, 0.3) is 0 Å². The van der Waals surface area contributed by atoms with Crippen molar-refractivity contribution in [2.75, 3.05) is 43.3 Å². The molecule has 0 fully saturated rings.